The predicted molar refractivity (Wildman–Crippen MR) is 74.2 cm³/mol. The molecule has 3 N–H and O–H groups in total. The Morgan fingerprint density at radius 2 is 2.29 bits per heavy atom. The molecule has 1 unspecified atom stereocenters. The van der Waals surface area contributed by atoms with Gasteiger partial charge in [0, 0.05) is 17.6 Å². The second kappa shape index (κ2) is 5.81. The number of carbonyl (C=O) groups is 1. The van der Waals surface area contributed by atoms with Gasteiger partial charge < -0.3 is 15.6 Å². The number of amides is 1. The molecule has 0 fully saturated rings. The van der Waals surface area contributed by atoms with Gasteiger partial charge in [-0.1, -0.05) is 34.7 Å². The standard InChI is InChI=1S/C11H18IN3O2/c1-4-11(3,13)6-14-10(16)9-7(2)8(5-12)17-15-9/h4-6,13H2,1-3H3,(H,14,16). The summed E-state index contributed by atoms with van der Waals surface area (Å²) in [6.45, 7) is 6.15. The van der Waals surface area contributed by atoms with Gasteiger partial charge in [0.2, 0.25) is 0 Å². The highest BCUT2D eigenvalue weighted by atomic mass is 127. The molecule has 0 saturated carbocycles. The van der Waals surface area contributed by atoms with Crippen LogP contribution < -0.4 is 11.1 Å². The number of alkyl halides is 1. The van der Waals surface area contributed by atoms with E-state index in [1.807, 2.05) is 20.8 Å². The molecule has 6 heteroatoms. The Morgan fingerprint density at radius 3 is 2.76 bits per heavy atom. The molecule has 1 aromatic rings. The van der Waals surface area contributed by atoms with Crippen LogP contribution in [-0.4, -0.2) is 23.1 Å². The zero-order chi connectivity index (χ0) is 13.1. The lowest BCUT2D eigenvalue weighted by Gasteiger charge is -2.22. The number of nitrogens with one attached hydrogen (secondary N) is 1. The predicted octanol–water partition coefficient (Wildman–Crippen LogP) is 1.78. The molecule has 0 saturated heterocycles. The summed E-state index contributed by atoms with van der Waals surface area (Å²) in [5, 5.41) is 6.56. The lowest BCUT2D eigenvalue weighted by molar-refractivity contribution is 0.0934. The van der Waals surface area contributed by atoms with Gasteiger partial charge in [0.1, 0.15) is 5.76 Å². The molecule has 0 aliphatic carbocycles. The van der Waals surface area contributed by atoms with Gasteiger partial charge in [-0.3, -0.25) is 4.79 Å². The van der Waals surface area contributed by atoms with Gasteiger partial charge in [-0.05, 0) is 20.3 Å². The number of nitrogens with two attached hydrogens (primary N) is 1. The minimum atomic E-state index is -0.389. The second-order valence-corrected chi connectivity index (χ2v) is 5.17. The van der Waals surface area contributed by atoms with Crippen molar-refractivity contribution >= 4 is 28.5 Å². The number of halogens is 1. The van der Waals surface area contributed by atoms with E-state index in [1.165, 1.54) is 0 Å². The fourth-order valence-electron chi connectivity index (χ4n) is 1.20. The van der Waals surface area contributed by atoms with Crippen molar-refractivity contribution in [1.29, 1.82) is 0 Å². The summed E-state index contributed by atoms with van der Waals surface area (Å²) in [4.78, 5) is 11.9. The van der Waals surface area contributed by atoms with E-state index in [4.69, 9.17) is 10.3 Å². The SMILES string of the molecule is CCC(C)(N)CNC(=O)c1noc(CI)c1C. The first kappa shape index (κ1) is 14.4. The molecule has 1 aromatic heterocycles. The van der Waals surface area contributed by atoms with Crippen molar-refractivity contribution in [2.24, 2.45) is 5.73 Å². The topological polar surface area (TPSA) is 81.1 Å². The van der Waals surface area contributed by atoms with Crippen molar-refractivity contribution < 1.29 is 9.32 Å². The number of carbonyl (C=O) groups excluding carboxylic acids is 1. The van der Waals surface area contributed by atoms with Crippen molar-refractivity contribution in [2.45, 2.75) is 37.2 Å². The van der Waals surface area contributed by atoms with Crippen molar-refractivity contribution in [2.75, 3.05) is 6.54 Å². The Balaban J connectivity index is 2.67. The maximum atomic E-state index is 11.9. The summed E-state index contributed by atoms with van der Waals surface area (Å²) in [6, 6.07) is 0. The summed E-state index contributed by atoms with van der Waals surface area (Å²) in [7, 11) is 0. The monoisotopic (exact) mass is 351 g/mol. The van der Waals surface area contributed by atoms with Crippen LogP contribution in [0.3, 0.4) is 0 Å². The van der Waals surface area contributed by atoms with Crippen molar-refractivity contribution in [3.05, 3.63) is 17.0 Å². The van der Waals surface area contributed by atoms with Crippen LogP contribution in [0.1, 0.15) is 42.1 Å². The number of hydrogen-bond acceptors (Lipinski definition) is 4. The molecular formula is C11H18IN3O2. The fraction of sp³-hybridized carbons (Fsp3) is 0.636. The molecule has 17 heavy (non-hydrogen) atoms. The first-order valence-electron chi connectivity index (χ1n) is 5.49. The van der Waals surface area contributed by atoms with E-state index in [1.54, 1.807) is 0 Å². The van der Waals surface area contributed by atoms with Gasteiger partial charge >= 0.3 is 0 Å². The number of aromatic nitrogens is 1. The lowest BCUT2D eigenvalue weighted by Crippen LogP contribution is -2.47. The molecule has 1 rings (SSSR count). The first-order chi connectivity index (χ1) is 7.91. The minimum Gasteiger partial charge on any atom is -0.359 e. The van der Waals surface area contributed by atoms with Crippen LogP contribution in [0.5, 0.6) is 0 Å². The molecule has 1 amide bonds. The maximum Gasteiger partial charge on any atom is 0.273 e. The molecule has 0 aromatic carbocycles. The van der Waals surface area contributed by atoms with Crippen LogP contribution in [0.25, 0.3) is 0 Å². The van der Waals surface area contributed by atoms with Crippen molar-refractivity contribution in [3.8, 4) is 0 Å². The summed E-state index contributed by atoms with van der Waals surface area (Å²) in [5.41, 5.74) is 6.71. The highest BCUT2D eigenvalue weighted by molar-refractivity contribution is 14.1. The van der Waals surface area contributed by atoms with Crippen LogP contribution in [0.2, 0.25) is 0 Å². The Kier molecular flexibility index (Phi) is 4.93. The molecule has 1 atom stereocenters. The normalized spacial score (nSPS) is 14.4. The van der Waals surface area contributed by atoms with E-state index in [0.29, 0.717) is 16.7 Å². The largest absolute Gasteiger partial charge is 0.359 e. The average molecular weight is 351 g/mol. The Bertz CT molecular complexity index is 401. The highest BCUT2D eigenvalue weighted by Gasteiger charge is 2.21. The van der Waals surface area contributed by atoms with E-state index < -0.39 is 0 Å². The Hall–Kier alpha value is -0.630. The summed E-state index contributed by atoms with van der Waals surface area (Å²) in [5.74, 6) is 0.509. The quantitative estimate of drug-likeness (QED) is 0.626. The highest BCUT2D eigenvalue weighted by Crippen LogP contribution is 2.16. The molecular weight excluding hydrogens is 333 g/mol. The van der Waals surface area contributed by atoms with Gasteiger partial charge in [0.05, 0.1) is 4.43 Å². The Morgan fingerprint density at radius 1 is 1.65 bits per heavy atom. The molecule has 1 heterocycles. The Labute approximate surface area is 115 Å². The van der Waals surface area contributed by atoms with E-state index in [-0.39, 0.29) is 11.4 Å². The van der Waals surface area contributed by atoms with Crippen LogP contribution in [0.4, 0.5) is 0 Å². The fourth-order valence-corrected chi connectivity index (χ4v) is 1.91. The first-order valence-corrected chi connectivity index (χ1v) is 7.02. The number of hydrogen-bond donors (Lipinski definition) is 2. The third-order valence-electron chi connectivity index (χ3n) is 2.82. The third kappa shape index (κ3) is 3.67. The summed E-state index contributed by atoms with van der Waals surface area (Å²) >= 11 is 2.17. The molecule has 0 bridgehead atoms. The van der Waals surface area contributed by atoms with Gasteiger partial charge in [-0.15, -0.1) is 0 Å². The van der Waals surface area contributed by atoms with E-state index in [0.717, 1.165) is 17.7 Å². The maximum absolute atomic E-state index is 11.9. The van der Waals surface area contributed by atoms with E-state index >= 15 is 0 Å². The van der Waals surface area contributed by atoms with Crippen molar-refractivity contribution in [1.82, 2.24) is 10.5 Å². The molecule has 5 nitrogen and oxygen atoms in total. The minimum absolute atomic E-state index is 0.229. The summed E-state index contributed by atoms with van der Waals surface area (Å²) in [6.07, 6.45) is 0.796. The molecule has 0 radical (unpaired) electrons. The van der Waals surface area contributed by atoms with Gasteiger partial charge in [0.15, 0.2) is 5.69 Å². The van der Waals surface area contributed by atoms with Gasteiger partial charge in [-0.2, -0.15) is 0 Å². The average Bonchev–Trinajstić information content (AvgIpc) is 2.67. The van der Waals surface area contributed by atoms with Crippen LogP contribution in [0.15, 0.2) is 4.52 Å². The second-order valence-electron chi connectivity index (χ2n) is 4.40. The van der Waals surface area contributed by atoms with E-state index in [2.05, 4.69) is 33.1 Å². The molecule has 0 spiro atoms. The van der Waals surface area contributed by atoms with Gasteiger partial charge in [0.25, 0.3) is 5.91 Å². The van der Waals surface area contributed by atoms with Crippen LogP contribution >= 0.6 is 22.6 Å². The van der Waals surface area contributed by atoms with E-state index in [9.17, 15) is 4.79 Å². The van der Waals surface area contributed by atoms with Crippen molar-refractivity contribution in [3.63, 3.8) is 0 Å². The van der Waals surface area contributed by atoms with Crippen LogP contribution in [0, 0.1) is 6.92 Å². The number of rotatable bonds is 5. The zero-order valence-electron chi connectivity index (χ0n) is 10.3. The zero-order valence-corrected chi connectivity index (χ0v) is 12.5. The molecule has 0 aliphatic heterocycles. The lowest BCUT2D eigenvalue weighted by atomic mass is 10.0. The van der Waals surface area contributed by atoms with Crippen LogP contribution in [-0.2, 0) is 4.43 Å². The van der Waals surface area contributed by atoms with Gasteiger partial charge in [-0.25, -0.2) is 0 Å². The number of nitrogens with zero attached hydrogens (tertiary/aromatic N) is 1. The summed E-state index contributed by atoms with van der Waals surface area (Å²) < 4.78 is 5.78. The molecule has 0 aliphatic rings. The third-order valence-corrected chi connectivity index (χ3v) is 3.51. The molecule has 96 valence electrons. The smallest absolute Gasteiger partial charge is 0.273 e.